The van der Waals surface area contributed by atoms with Crippen molar-refractivity contribution in [2.75, 3.05) is 18.0 Å². The topological polar surface area (TPSA) is 88.1 Å². The second-order valence-corrected chi connectivity index (χ2v) is 8.74. The number of amides is 1. The largest absolute Gasteiger partial charge is 0.496 e. The number of anilines is 1. The van der Waals surface area contributed by atoms with Gasteiger partial charge < -0.3 is 4.74 Å². The van der Waals surface area contributed by atoms with E-state index in [9.17, 15) is 13.2 Å². The second-order valence-electron chi connectivity index (χ2n) is 6.88. The van der Waals surface area contributed by atoms with Crippen molar-refractivity contribution >= 4 is 27.8 Å². The van der Waals surface area contributed by atoms with Gasteiger partial charge in [-0.05, 0) is 48.4 Å². The highest BCUT2D eigenvalue weighted by atomic mass is 32.2. The first kappa shape index (κ1) is 23.0. The van der Waals surface area contributed by atoms with E-state index in [0.717, 1.165) is 16.3 Å². The SMILES string of the molecule is CCc1ccc(N(CC(=O)N/N=C\c2ccccc2OC)S(=O)(=O)c2ccccc2)cc1. The molecule has 1 amide bonds. The van der Waals surface area contributed by atoms with E-state index in [1.165, 1.54) is 18.3 Å². The number of hydrogen-bond donors (Lipinski definition) is 1. The zero-order valence-corrected chi connectivity index (χ0v) is 18.7. The van der Waals surface area contributed by atoms with Crippen LogP contribution in [0.5, 0.6) is 5.75 Å². The number of ether oxygens (including phenoxy) is 1. The molecule has 0 saturated heterocycles. The van der Waals surface area contributed by atoms with Crippen LogP contribution in [0.25, 0.3) is 0 Å². The van der Waals surface area contributed by atoms with Gasteiger partial charge in [-0.3, -0.25) is 9.10 Å². The van der Waals surface area contributed by atoms with Crippen molar-refractivity contribution in [3.8, 4) is 5.75 Å². The number of nitrogens with one attached hydrogen (secondary N) is 1. The molecule has 1 N–H and O–H groups in total. The molecule has 0 bridgehead atoms. The van der Waals surface area contributed by atoms with Crippen molar-refractivity contribution in [2.24, 2.45) is 5.10 Å². The van der Waals surface area contributed by atoms with Crippen molar-refractivity contribution in [1.29, 1.82) is 0 Å². The molecule has 166 valence electrons. The molecule has 0 saturated carbocycles. The zero-order chi connectivity index (χ0) is 23.0. The van der Waals surface area contributed by atoms with Crippen LogP contribution in [0.3, 0.4) is 0 Å². The summed E-state index contributed by atoms with van der Waals surface area (Å²) in [6, 6.07) is 22.3. The molecule has 0 radical (unpaired) electrons. The average Bonchev–Trinajstić information content (AvgIpc) is 2.83. The Morgan fingerprint density at radius 1 is 1.00 bits per heavy atom. The molecule has 0 aliphatic carbocycles. The number of sulfonamides is 1. The molecule has 0 spiro atoms. The van der Waals surface area contributed by atoms with Gasteiger partial charge in [-0.1, -0.05) is 49.4 Å². The summed E-state index contributed by atoms with van der Waals surface area (Å²) >= 11 is 0. The maximum atomic E-state index is 13.3. The molecule has 3 aromatic carbocycles. The fraction of sp³-hybridized carbons (Fsp3) is 0.167. The van der Waals surface area contributed by atoms with Crippen molar-refractivity contribution in [3.63, 3.8) is 0 Å². The third kappa shape index (κ3) is 5.53. The van der Waals surface area contributed by atoms with Gasteiger partial charge in [0.15, 0.2) is 0 Å². The van der Waals surface area contributed by atoms with Crippen LogP contribution >= 0.6 is 0 Å². The molecule has 0 fully saturated rings. The summed E-state index contributed by atoms with van der Waals surface area (Å²) in [6.45, 7) is 1.59. The summed E-state index contributed by atoms with van der Waals surface area (Å²) in [7, 11) is -2.41. The van der Waals surface area contributed by atoms with Gasteiger partial charge in [0.1, 0.15) is 12.3 Å². The molecular formula is C24H25N3O4S. The predicted molar refractivity (Wildman–Crippen MR) is 126 cm³/mol. The number of carbonyl (C=O) groups is 1. The number of rotatable bonds is 9. The molecule has 0 aliphatic heterocycles. The first-order valence-electron chi connectivity index (χ1n) is 10.1. The number of benzene rings is 3. The monoisotopic (exact) mass is 451 g/mol. The van der Waals surface area contributed by atoms with Crippen molar-refractivity contribution in [2.45, 2.75) is 18.2 Å². The minimum atomic E-state index is -3.96. The smallest absolute Gasteiger partial charge is 0.264 e. The summed E-state index contributed by atoms with van der Waals surface area (Å²) in [5.74, 6) is 0.0324. The van der Waals surface area contributed by atoms with Gasteiger partial charge in [0.2, 0.25) is 0 Å². The van der Waals surface area contributed by atoms with Gasteiger partial charge in [0.25, 0.3) is 15.9 Å². The third-order valence-corrected chi connectivity index (χ3v) is 6.57. The quantitative estimate of drug-likeness (QED) is 0.398. The normalized spacial score (nSPS) is 11.3. The van der Waals surface area contributed by atoms with E-state index in [1.807, 2.05) is 31.2 Å². The molecule has 3 aromatic rings. The summed E-state index contributed by atoms with van der Waals surface area (Å²) in [4.78, 5) is 12.7. The third-order valence-electron chi connectivity index (χ3n) is 4.78. The number of aryl methyl sites for hydroxylation is 1. The van der Waals surface area contributed by atoms with E-state index in [1.54, 1.807) is 49.6 Å². The predicted octanol–water partition coefficient (Wildman–Crippen LogP) is 3.60. The van der Waals surface area contributed by atoms with Gasteiger partial charge in [-0.2, -0.15) is 5.10 Å². The maximum absolute atomic E-state index is 13.3. The number of hydrogen-bond acceptors (Lipinski definition) is 5. The van der Waals surface area contributed by atoms with Crippen LogP contribution in [-0.2, 0) is 21.2 Å². The molecule has 0 heterocycles. The number of carbonyl (C=O) groups excluding carboxylic acids is 1. The van der Waals surface area contributed by atoms with Crippen LogP contribution in [0.4, 0.5) is 5.69 Å². The number of para-hydroxylation sites is 1. The summed E-state index contributed by atoms with van der Waals surface area (Å²) in [5, 5.41) is 3.95. The van der Waals surface area contributed by atoms with Gasteiger partial charge >= 0.3 is 0 Å². The second kappa shape index (κ2) is 10.6. The lowest BCUT2D eigenvalue weighted by molar-refractivity contribution is -0.119. The van der Waals surface area contributed by atoms with E-state index in [-0.39, 0.29) is 4.90 Å². The zero-order valence-electron chi connectivity index (χ0n) is 17.9. The fourth-order valence-corrected chi connectivity index (χ4v) is 4.49. The Labute approximate surface area is 188 Å². The molecular weight excluding hydrogens is 426 g/mol. The van der Waals surface area contributed by atoms with Crippen LogP contribution in [0, 0.1) is 0 Å². The lowest BCUT2D eigenvalue weighted by Crippen LogP contribution is -2.39. The highest BCUT2D eigenvalue weighted by molar-refractivity contribution is 7.92. The Morgan fingerprint density at radius 2 is 1.66 bits per heavy atom. The van der Waals surface area contributed by atoms with Crippen LogP contribution in [0.15, 0.2) is 88.9 Å². The van der Waals surface area contributed by atoms with E-state index in [4.69, 9.17) is 4.74 Å². The van der Waals surface area contributed by atoms with Crippen LogP contribution in [0.2, 0.25) is 0 Å². The Kier molecular flexibility index (Phi) is 7.62. The van der Waals surface area contributed by atoms with E-state index < -0.39 is 22.5 Å². The highest BCUT2D eigenvalue weighted by Crippen LogP contribution is 2.24. The minimum Gasteiger partial charge on any atom is -0.496 e. The first-order valence-corrected chi connectivity index (χ1v) is 11.5. The van der Waals surface area contributed by atoms with E-state index in [2.05, 4.69) is 10.5 Å². The number of nitrogens with zero attached hydrogens (tertiary/aromatic N) is 2. The Balaban J connectivity index is 1.83. The van der Waals surface area contributed by atoms with Gasteiger partial charge in [0, 0.05) is 5.56 Å². The number of methoxy groups -OCH3 is 1. The van der Waals surface area contributed by atoms with Crippen molar-refractivity contribution < 1.29 is 17.9 Å². The number of hydrazone groups is 1. The van der Waals surface area contributed by atoms with Crippen LogP contribution < -0.4 is 14.5 Å². The van der Waals surface area contributed by atoms with Crippen LogP contribution in [-0.4, -0.2) is 34.2 Å². The van der Waals surface area contributed by atoms with Crippen molar-refractivity contribution in [1.82, 2.24) is 5.43 Å². The molecule has 7 nitrogen and oxygen atoms in total. The average molecular weight is 452 g/mol. The summed E-state index contributed by atoms with van der Waals surface area (Å²) in [6.07, 6.45) is 2.27. The Bertz CT molecular complexity index is 1180. The standard InChI is InChI=1S/C24H25N3O4S/c1-3-19-13-15-21(16-14-19)27(32(29,30)22-10-5-4-6-11-22)18-24(28)26-25-17-20-9-7-8-12-23(20)31-2/h4-17H,3,18H2,1-2H3,(H,26,28)/b25-17-. The lowest BCUT2D eigenvalue weighted by atomic mass is 10.1. The minimum absolute atomic E-state index is 0.102. The summed E-state index contributed by atoms with van der Waals surface area (Å²) in [5.41, 5.74) is 4.54. The molecule has 0 aliphatic rings. The van der Waals surface area contributed by atoms with Gasteiger partial charge in [0.05, 0.1) is 23.9 Å². The first-order chi connectivity index (χ1) is 15.5. The maximum Gasteiger partial charge on any atom is 0.264 e. The molecule has 32 heavy (non-hydrogen) atoms. The van der Waals surface area contributed by atoms with E-state index >= 15 is 0 Å². The lowest BCUT2D eigenvalue weighted by Gasteiger charge is -2.24. The van der Waals surface area contributed by atoms with Crippen LogP contribution in [0.1, 0.15) is 18.1 Å². The Morgan fingerprint density at radius 3 is 2.31 bits per heavy atom. The molecule has 0 unspecified atom stereocenters. The van der Waals surface area contributed by atoms with Gasteiger partial charge in [-0.25, -0.2) is 13.8 Å². The van der Waals surface area contributed by atoms with E-state index in [0.29, 0.717) is 17.0 Å². The van der Waals surface area contributed by atoms with Gasteiger partial charge in [-0.15, -0.1) is 0 Å². The van der Waals surface area contributed by atoms with Crippen molar-refractivity contribution in [3.05, 3.63) is 90.0 Å². The summed E-state index contributed by atoms with van der Waals surface area (Å²) < 4.78 is 32.9. The molecule has 0 aromatic heterocycles. The Hall–Kier alpha value is -3.65. The molecule has 8 heteroatoms. The fourth-order valence-electron chi connectivity index (χ4n) is 3.05. The highest BCUT2D eigenvalue weighted by Gasteiger charge is 2.27. The molecule has 3 rings (SSSR count). The molecule has 0 atom stereocenters.